The second-order valence-electron chi connectivity index (χ2n) is 7.61. The molecule has 154 valence electrons. The smallest absolute Gasteiger partial charge is 0.319 e. The first-order chi connectivity index (χ1) is 12.9. The van der Waals surface area contributed by atoms with Crippen molar-refractivity contribution in [1.29, 1.82) is 0 Å². The van der Waals surface area contributed by atoms with Gasteiger partial charge in [0.15, 0.2) is 0 Å². The molecule has 0 atom stereocenters. The highest BCUT2D eigenvalue weighted by Gasteiger charge is 2.32. The van der Waals surface area contributed by atoms with Crippen molar-refractivity contribution in [1.82, 2.24) is 24.5 Å². The number of likely N-dealkylation sites (N-methyl/N-ethyl adjacent to an activating group) is 1. The summed E-state index contributed by atoms with van der Waals surface area (Å²) in [6.07, 6.45) is 1.47. The average Bonchev–Trinajstić information content (AvgIpc) is 2.68. The molecule has 8 nitrogen and oxygen atoms in total. The molecule has 0 N–H and O–H groups in total. The third-order valence-corrected chi connectivity index (χ3v) is 5.66. The van der Waals surface area contributed by atoms with Gasteiger partial charge in [0.05, 0.1) is 6.54 Å². The zero-order valence-electron chi connectivity index (χ0n) is 17.3. The molecule has 0 radical (unpaired) electrons. The summed E-state index contributed by atoms with van der Waals surface area (Å²) in [4.78, 5) is 46.4. The van der Waals surface area contributed by atoms with Gasteiger partial charge in [-0.25, -0.2) is 4.79 Å². The molecular formula is C19H35N5O3. The van der Waals surface area contributed by atoms with E-state index in [0.29, 0.717) is 32.7 Å². The van der Waals surface area contributed by atoms with Gasteiger partial charge in [0.2, 0.25) is 11.8 Å². The summed E-state index contributed by atoms with van der Waals surface area (Å²) in [5, 5.41) is 0. The van der Waals surface area contributed by atoms with E-state index in [1.54, 1.807) is 19.0 Å². The quantitative estimate of drug-likeness (QED) is 0.691. The minimum atomic E-state index is 0.0140. The summed E-state index contributed by atoms with van der Waals surface area (Å²) in [6.45, 7) is 10.1. The summed E-state index contributed by atoms with van der Waals surface area (Å²) in [6, 6.07) is 0.0207. The minimum absolute atomic E-state index is 0.0140. The molecule has 2 rings (SSSR count). The van der Waals surface area contributed by atoms with E-state index in [4.69, 9.17) is 0 Å². The Balaban J connectivity index is 1.75. The van der Waals surface area contributed by atoms with Gasteiger partial charge in [0.1, 0.15) is 0 Å². The van der Waals surface area contributed by atoms with Crippen LogP contribution in [0.5, 0.6) is 0 Å². The normalized spacial score (nSPS) is 19.1. The molecule has 2 heterocycles. The molecule has 2 aliphatic heterocycles. The molecule has 0 saturated carbocycles. The number of nitrogens with zero attached hydrogens (tertiary/aromatic N) is 5. The summed E-state index contributed by atoms with van der Waals surface area (Å²) in [5.41, 5.74) is 0. The van der Waals surface area contributed by atoms with Crippen LogP contribution in [0.2, 0.25) is 0 Å². The third kappa shape index (κ3) is 5.57. The van der Waals surface area contributed by atoms with Gasteiger partial charge in [-0.3, -0.25) is 14.5 Å². The first kappa shape index (κ1) is 21.5. The molecule has 4 amide bonds. The third-order valence-electron chi connectivity index (χ3n) is 5.66. The number of urea groups is 1. The molecule has 0 aromatic rings. The number of hydrogen-bond donors (Lipinski definition) is 0. The number of rotatable bonds is 5. The van der Waals surface area contributed by atoms with Crippen LogP contribution in [0.3, 0.4) is 0 Å². The van der Waals surface area contributed by atoms with Crippen molar-refractivity contribution in [3.63, 3.8) is 0 Å². The van der Waals surface area contributed by atoms with Crippen LogP contribution in [0.4, 0.5) is 4.79 Å². The van der Waals surface area contributed by atoms with Gasteiger partial charge in [0.25, 0.3) is 0 Å². The molecule has 0 aromatic heterocycles. The molecular weight excluding hydrogens is 346 g/mol. The van der Waals surface area contributed by atoms with Crippen molar-refractivity contribution in [2.75, 3.05) is 73.0 Å². The topological polar surface area (TPSA) is 67.4 Å². The molecule has 0 unspecified atom stereocenters. The Labute approximate surface area is 163 Å². The number of amides is 4. The molecule has 2 saturated heterocycles. The van der Waals surface area contributed by atoms with Crippen LogP contribution in [-0.4, -0.2) is 115 Å². The van der Waals surface area contributed by atoms with Crippen LogP contribution in [-0.2, 0) is 9.59 Å². The zero-order valence-corrected chi connectivity index (χ0v) is 17.3. The lowest BCUT2D eigenvalue weighted by Crippen LogP contribution is -2.54. The molecule has 8 heteroatoms. The zero-order chi connectivity index (χ0) is 20.0. The van der Waals surface area contributed by atoms with E-state index >= 15 is 0 Å². The number of piperidine rings is 1. The van der Waals surface area contributed by atoms with Gasteiger partial charge >= 0.3 is 6.03 Å². The lowest BCUT2D eigenvalue weighted by molar-refractivity contribution is -0.139. The van der Waals surface area contributed by atoms with Crippen molar-refractivity contribution in [2.24, 2.45) is 5.92 Å². The summed E-state index contributed by atoms with van der Waals surface area (Å²) in [5.74, 6) is 0.388. The minimum Gasteiger partial charge on any atom is -0.342 e. The maximum Gasteiger partial charge on any atom is 0.319 e. The fraction of sp³-hybridized carbons (Fsp3) is 0.842. The van der Waals surface area contributed by atoms with Gasteiger partial charge in [-0.15, -0.1) is 0 Å². The Morgan fingerprint density at radius 3 is 1.89 bits per heavy atom. The van der Waals surface area contributed by atoms with E-state index in [1.807, 2.05) is 28.5 Å². The largest absolute Gasteiger partial charge is 0.342 e. The van der Waals surface area contributed by atoms with E-state index in [2.05, 4.69) is 4.90 Å². The first-order valence-corrected chi connectivity index (χ1v) is 10.1. The van der Waals surface area contributed by atoms with E-state index in [0.717, 1.165) is 39.0 Å². The van der Waals surface area contributed by atoms with Gasteiger partial charge < -0.3 is 19.6 Å². The summed E-state index contributed by atoms with van der Waals surface area (Å²) < 4.78 is 0. The highest BCUT2D eigenvalue weighted by molar-refractivity contribution is 5.80. The molecule has 2 fully saturated rings. The molecule has 27 heavy (non-hydrogen) atoms. The maximum absolute atomic E-state index is 12.8. The molecule has 0 bridgehead atoms. The van der Waals surface area contributed by atoms with Crippen LogP contribution in [0.15, 0.2) is 0 Å². The number of hydrogen-bond acceptors (Lipinski definition) is 4. The summed E-state index contributed by atoms with van der Waals surface area (Å²) >= 11 is 0. The average molecular weight is 382 g/mol. The number of piperazine rings is 1. The van der Waals surface area contributed by atoms with Crippen molar-refractivity contribution >= 4 is 17.8 Å². The Hall–Kier alpha value is -1.83. The fourth-order valence-corrected chi connectivity index (χ4v) is 3.85. The second kappa shape index (κ2) is 9.92. The molecule has 0 aromatic carbocycles. The van der Waals surface area contributed by atoms with E-state index in [-0.39, 0.29) is 23.8 Å². The van der Waals surface area contributed by atoms with Crippen molar-refractivity contribution in [3.8, 4) is 0 Å². The summed E-state index contributed by atoms with van der Waals surface area (Å²) in [7, 11) is 3.51. The SMILES string of the molecule is CCN(CC)C(=O)CN1CCN(C(=O)C2CCN(C(=O)N(C)C)CC2)CC1. The predicted molar refractivity (Wildman–Crippen MR) is 104 cm³/mol. The first-order valence-electron chi connectivity index (χ1n) is 10.1. The standard InChI is InChI=1S/C19H35N5O3/c1-5-22(6-2)17(25)15-21-11-13-23(14-12-21)18(26)16-7-9-24(10-8-16)19(27)20(3)4/h16H,5-15H2,1-4H3. The molecule has 2 aliphatic rings. The van der Waals surface area contributed by atoms with Gasteiger partial charge in [-0.1, -0.05) is 0 Å². The van der Waals surface area contributed by atoms with Crippen LogP contribution in [0.1, 0.15) is 26.7 Å². The van der Waals surface area contributed by atoms with Crippen molar-refractivity contribution in [2.45, 2.75) is 26.7 Å². The lowest BCUT2D eigenvalue weighted by atomic mass is 9.95. The highest BCUT2D eigenvalue weighted by Crippen LogP contribution is 2.21. The van der Waals surface area contributed by atoms with Crippen LogP contribution < -0.4 is 0 Å². The maximum atomic E-state index is 12.8. The van der Waals surface area contributed by atoms with E-state index in [9.17, 15) is 14.4 Å². The van der Waals surface area contributed by atoms with Gasteiger partial charge in [-0.05, 0) is 26.7 Å². The molecule has 0 aliphatic carbocycles. The Morgan fingerprint density at radius 2 is 1.41 bits per heavy atom. The number of likely N-dealkylation sites (tertiary alicyclic amines) is 1. The van der Waals surface area contributed by atoms with Crippen LogP contribution >= 0.6 is 0 Å². The van der Waals surface area contributed by atoms with Gasteiger partial charge in [0, 0.05) is 72.4 Å². The van der Waals surface area contributed by atoms with Gasteiger partial charge in [-0.2, -0.15) is 0 Å². The highest BCUT2D eigenvalue weighted by atomic mass is 16.2. The van der Waals surface area contributed by atoms with Crippen LogP contribution in [0.25, 0.3) is 0 Å². The van der Waals surface area contributed by atoms with Crippen molar-refractivity contribution in [3.05, 3.63) is 0 Å². The fourth-order valence-electron chi connectivity index (χ4n) is 3.85. The molecule has 0 spiro atoms. The van der Waals surface area contributed by atoms with E-state index < -0.39 is 0 Å². The van der Waals surface area contributed by atoms with Crippen molar-refractivity contribution < 1.29 is 14.4 Å². The monoisotopic (exact) mass is 381 g/mol. The van der Waals surface area contributed by atoms with Crippen LogP contribution in [0, 0.1) is 5.92 Å². The lowest BCUT2D eigenvalue weighted by Gasteiger charge is -2.39. The Bertz CT molecular complexity index is 519. The predicted octanol–water partition coefficient (Wildman–Crippen LogP) is 0.393. The van der Waals surface area contributed by atoms with E-state index in [1.165, 1.54) is 0 Å². The Morgan fingerprint density at radius 1 is 0.852 bits per heavy atom. The number of carbonyl (C=O) groups is 3. The number of carbonyl (C=O) groups excluding carboxylic acids is 3. The Kier molecular flexibility index (Phi) is 7.89. The second-order valence-corrected chi connectivity index (χ2v) is 7.61.